The second-order valence-electron chi connectivity index (χ2n) is 5.54. The Balaban J connectivity index is 1.76. The van der Waals surface area contributed by atoms with Gasteiger partial charge in [-0.1, -0.05) is 0 Å². The molecule has 1 aromatic carbocycles. The molecule has 1 aliphatic rings. The van der Waals surface area contributed by atoms with Crippen molar-refractivity contribution < 1.29 is 19.3 Å². The maximum Gasteiger partial charge on any atom is 0.279 e. The van der Waals surface area contributed by atoms with Crippen molar-refractivity contribution in [3.05, 3.63) is 24.3 Å². The number of likely N-dealkylation sites (N-methyl/N-ethyl adjacent to an activating group) is 1. The average molecular weight is 293 g/mol. The Morgan fingerprint density at radius 3 is 2.29 bits per heavy atom. The van der Waals surface area contributed by atoms with Crippen LogP contribution in [0.3, 0.4) is 0 Å². The number of benzene rings is 1. The zero-order valence-corrected chi connectivity index (χ0v) is 13.1. The summed E-state index contributed by atoms with van der Waals surface area (Å²) < 4.78 is 5.39. The number of piperazine rings is 1. The molecular weight excluding hydrogens is 266 g/mol. The van der Waals surface area contributed by atoms with Crippen LogP contribution in [-0.4, -0.2) is 51.8 Å². The number of anilines is 1. The van der Waals surface area contributed by atoms with E-state index >= 15 is 0 Å². The van der Waals surface area contributed by atoms with E-state index < -0.39 is 0 Å². The van der Waals surface area contributed by atoms with Gasteiger partial charge in [-0.05, 0) is 38.1 Å². The highest BCUT2D eigenvalue weighted by molar-refractivity contribution is 5.91. The van der Waals surface area contributed by atoms with Gasteiger partial charge in [-0.15, -0.1) is 0 Å². The first-order valence-electron chi connectivity index (χ1n) is 7.91. The molecule has 1 heterocycles. The summed E-state index contributed by atoms with van der Waals surface area (Å²) in [6, 6.07) is 7.54. The molecule has 1 saturated heterocycles. The van der Waals surface area contributed by atoms with Crippen LogP contribution < -0.4 is 19.9 Å². The van der Waals surface area contributed by atoms with Crippen LogP contribution in [0.4, 0.5) is 5.69 Å². The lowest BCUT2D eigenvalue weighted by Gasteiger charge is -2.28. The van der Waals surface area contributed by atoms with Crippen molar-refractivity contribution in [2.24, 2.45) is 0 Å². The maximum atomic E-state index is 12.1. The normalized spacial score (nSPS) is 21.8. The lowest BCUT2D eigenvalue weighted by Crippen LogP contribution is -3.28. The molecule has 2 rings (SSSR count). The third-order valence-electron chi connectivity index (χ3n) is 4.02. The van der Waals surface area contributed by atoms with Gasteiger partial charge in [0, 0.05) is 5.69 Å². The topological polar surface area (TPSA) is 47.2 Å². The van der Waals surface area contributed by atoms with E-state index in [2.05, 4.69) is 12.2 Å². The van der Waals surface area contributed by atoms with Crippen molar-refractivity contribution >= 4 is 11.6 Å². The number of ether oxygens (including phenoxy) is 1. The van der Waals surface area contributed by atoms with Crippen molar-refractivity contribution in [3.63, 3.8) is 0 Å². The molecule has 1 fully saturated rings. The van der Waals surface area contributed by atoms with Gasteiger partial charge in [-0.25, -0.2) is 0 Å². The Morgan fingerprint density at radius 2 is 1.71 bits per heavy atom. The highest BCUT2D eigenvalue weighted by Gasteiger charge is 2.23. The third-order valence-corrected chi connectivity index (χ3v) is 4.02. The molecule has 116 valence electrons. The van der Waals surface area contributed by atoms with Crippen LogP contribution in [0, 0.1) is 0 Å². The van der Waals surface area contributed by atoms with Crippen LogP contribution in [-0.2, 0) is 4.79 Å². The molecule has 0 unspecified atom stereocenters. The van der Waals surface area contributed by atoms with E-state index in [0.29, 0.717) is 13.2 Å². The standard InChI is InChI=1S/C16H25N3O2/c1-3-18-9-11-19(12-10-18)13-16(20)17-14-5-7-15(8-6-14)21-4-2/h5-8H,3-4,9-13H2,1-2H3,(H,17,20)/p+2. The lowest BCUT2D eigenvalue weighted by molar-refractivity contribution is -1.01. The van der Waals surface area contributed by atoms with E-state index in [-0.39, 0.29) is 5.91 Å². The predicted molar refractivity (Wildman–Crippen MR) is 83.0 cm³/mol. The van der Waals surface area contributed by atoms with Gasteiger partial charge in [0.2, 0.25) is 0 Å². The predicted octanol–water partition coefficient (Wildman–Crippen LogP) is -1.17. The van der Waals surface area contributed by atoms with Gasteiger partial charge in [0.1, 0.15) is 31.9 Å². The summed E-state index contributed by atoms with van der Waals surface area (Å²) in [4.78, 5) is 15.1. The third kappa shape index (κ3) is 5.02. The largest absolute Gasteiger partial charge is 0.494 e. The molecule has 1 amide bonds. The number of amides is 1. The number of nitrogens with one attached hydrogen (secondary N) is 3. The average Bonchev–Trinajstić information content (AvgIpc) is 2.50. The van der Waals surface area contributed by atoms with Gasteiger partial charge in [-0.2, -0.15) is 0 Å². The number of quaternary nitrogens is 2. The second kappa shape index (κ2) is 8.00. The molecule has 3 N–H and O–H groups in total. The summed E-state index contributed by atoms with van der Waals surface area (Å²) in [5.74, 6) is 0.925. The van der Waals surface area contributed by atoms with Crippen LogP contribution in [0.15, 0.2) is 24.3 Å². The van der Waals surface area contributed by atoms with Crippen molar-refractivity contribution in [1.29, 1.82) is 0 Å². The SMILES string of the molecule is CCOc1ccc(NC(=O)C[NH+]2CC[NH+](CC)CC2)cc1. The first-order chi connectivity index (χ1) is 10.2. The first kappa shape index (κ1) is 15.8. The Morgan fingerprint density at radius 1 is 1.10 bits per heavy atom. The molecule has 0 radical (unpaired) electrons. The minimum absolute atomic E-state index is 0.0918. The maximum absolute atomic E-state index is 12.1. The Kier molecular flexibility index (Phi) is 6.02. The zero-order valence-electron chi connectivity index (χ0n) is 13.1. The summed E-state index contributed by atoms with van der Waals surface area (Å²) in [5, 5.41) is 2.96. The van der Waals surface area contributed by atoms with Gasteiger partial charge in [0.25, 0.3) is 5.91 Å². The molecule has 1 aromatic rings. The Bertz CT molecular complexity index is 439. The van der Waals surface area contributed by atoms with Gasteiger partial charge < -0.3 is 19.9 Å². The van der Waals surface area contributed by atoms with E-state index in [1.165, 1.54) is 24.5 Å². The molecule has 0 saturated carbocycles. The van der Waals surface area contributed by atoms with E-state index in [1.807, 2.05) is 31.2 Å². The summed E-state index contributed by atoms with van der Waals surface area (Å²) in [6.07, 6.45) is 0. The molecule has 0 spiro atoms. The van der Waals surface area contributed by atoms with E-state index in [9.17, 15) is 4.79 Å². The van der Waals surface area contributed by atoms with E-state index in [1.54, 1.807) is 4.90 Å². The number of rotatable bonds is 6. The number of hydrogen-bond acceptors (Lipinski definition) is 2. The van der Waals surface area contributed by atoms with Crippen molar-refractivity contribution in [2.75, 3.05) is 51.2 Å². The number of hydrogen-bond donors (Lipinski definition) is 3. The van der Waals surface area contributed by atoms with Crippen molar-refractivity contribution in [2.45, 2.75) is 13.8 Å². The zero-order chi connectivity index (χ0) is 15.1. The fourth-order valence-electron chi connectivity index (χ4n) is 2.72. The van der Waals surface area contributed by atoms with Gasteiger partial charge in [0.05, 0.1) is 13.2 Å². The Labute approximate surface area is 126 Å². The smallest absolute Gasteiger partial charge is 0.279 e. The summed E-state index contributed by atoms with van der Waals surface area (Å²) in [6.45, 7) is 11.1. The molecule has 0 bridgehead atoms. The number of carbonyl (C=O) groups excluding carboxylic acids is 1. The molecule has 1 aliphatic heterocycles. The molecule has 5 nitrogen and oxygen atoms in total. The summed E-state index contributed by atoms with van der Waals surface area (Å²) in [5.41, 5.74) is 0.834. The van der Waals surface area contributed by atoms with Crippen LogP contribution in [0.25, 0.3) is 0 Å². The van der Waals surface area contributed by atoms with Crippen LogP contribution >= 0.6 is 0 Å². The molecule has 5 heteroatoms. The number of carbonyl (C=O) groups is 1. The van der Waals surface area contributed by atoms with E-state index in [0.717, 1.165) is 24.5 Å². The highest BCUT2D eigenvalue weighted by atomic mass is 16.5. The van der Waals surface area contributed by atoms with Crippen LogP contribution in [0.2, 0.25) is 0 Å². The molecule has 0 aromatic heterocycles. The van der Waals surface area contributed by atoms with Crippen molar-refractivity contribution in [3.8, 4) is 5.75 Å². The summed E-state index contributed by atoms with van der Waals surface area (Å²) in [7, 11) is 0. The fourth-order valence-corrected chi connectivity index (χ4v) is 2.72. The van der Waals surface area contributed by atoms with Crippen LogP contribution in [0.5, 0.6) is 5.75 Å². The monoisotopic (exact) mass is 293 g/mol. The first-order valence-corrected chi connectivity index (χ1v) is 7.91. The summed E-state index contributed by atoms with van der Waals surface area (Å²) >= 11 is 0. The second-order valence-corrected chi connectivity index (χ2v) is 5.54. The highest BCUT2D eigenvalue weighted by Crippen LogP contribution is 2.15. The lowest BCUT2D eigenvalue weighted by atomic mass is 10.3. The fraction of sp³-hybridized carbons (Fsp3) is 0.562. The van der Waals surface area contributed by atoms with Crippen molar-refractivity contribution in [1.82, 2.24) is 0 Å². The minimum Gasteiger partial charge on any atom is -0.494 e. The van der Waals surface area contributed by atoms with Gasteiger partial charge in [-0.3, -0.25) is 4.79 Å². The van der Waals surface area contributed by atoms with Gasteiger partial charge in [0.15, 0.2) is 6.54 Å². The van der Waals surface area contributed by atoms with Gasteiger partial charge >= 0.3 is 0 Å². The molecular formula is C16H27N3O2+2. The quantitative estimate of drug-likeness (QED) is 0.619. The molecule has 21 heavy (non-hydrogen) atoms. The molecule has 0 aliphatic carbocycles. The minimum atomic E-state index is 0.0918. The Hall–Kier alpha value is -1.59. The van der Waals surface area contributed by atoms with E-state index in [4.69, 9.17) is 4.74 Å². The molecule has 0 atom stereocenters. The van der Waals surface area contributed by atoms with Crippen LogP contribution in [0.1, 0.15) is 13.8 Å².